The molecule has 0 aliphatic rings. The Balaban J connectivity index is 1.96. The maximum Gasteiger partial charge on any atom is 0.242 e. The SMILES string of the molecule is C=CCN(C(=O)[C@@H](N)Cc1c(C)cc(O)cc1C)[C@H](C)C(=O)NCCCc1ccccc1. The van der Waals surface area contributed by atoms with Gasteiger partial charge < -0.3 is 21.1 Å². The van der Waals surface area contributed by atoms with Gasteiger partial charge in [0.25, 0.3) is 0 Å². The summed E-state index contributed by atoms with van der Waals surface area (Å²) >= 11 is 0. The number of nitrogens with one attached hydrogen (secondary N) is 1. The van der Waals surface area contributed by atoms with Crippen LogP contribution in [-0.2, 0) is 22.4 Å². The molecule has 0 spiro atoms. The van der Waals surface area contributed by atoms with Crippen LogP contribution >= 0.6 is 0 Å². The molecular weight excluding hydrogens is 402 g/mol. The Kier molecular flexibility index (Phi) is 9.47. The fourth-order valence-corrected chi connectivity index (χ4v) is 3.83. The summed E-state index contributed by atoms with van der Waals surface area (Å²) in [7, 11) is 0. The number of nitrogens with two attached hydrogens (primary N) is 1. The molecule has 0 fully saturated rings. The van der Waals surface area contributed by atoms with Crippen molar-refractivity contribution in [2.75, 3.05) is 13.1 Å². The number of hydrogen-bond donors (Lipinski definition) is 3. The van der Waals surface area contributed by atoms with Crippen LogP contribution in [0.3, 0.4) is 0 Å². The standard InChI is InChI=1S/C26H35N3O3/c1-5-14-29(20(4)25(31)28-13-9-12-21-10-7-6-8-11-21)26(32)24(27)17-23-18(2)15-22(30)16-19(23)3/h5-8,10-11,15-16,20,24,30H,1,9,12-14,17,27H2,2-4H3,(H,28,31)/t20-,24+/m1/s1. The second-order valence-corrected chi connectivity index (χ2v) is 8.20. The zero-order chi connectivity index (χ0) is 23.7. The normalized spacial score (nSPS) is 12.6. The second-order valence-electron chi connectivity index (χ2n) is 8.20. The topological polar surface area (TPSA) is 95.7 Å². The molecule has 0 aromatic heterocycles. The second kappa shape index (κ2) is 12.1. The van der Waals surface area contributed by atoms with Crippen LogP contribution in [0.4, 0.5) is 0 Å². The molecule has 0 aliphatic carbocycles. The van der Waals surface area contributed by atoms with E-state index in [1.807, 2.05) is 32.0 Å². The fraction of sp³-hybridized carbons (Fsp3) is 0.385. The van der Waals surface area contributed by atoms with Crippen LogP contribution in [0.2, 0.25) is 0 Å². The van der Waals surface area contributed by atoms with Gasteiger partial charge in [-0.25, -0.2) is 0 Å². The van der Waals surface area contributed by atoms with Gasteiger partial charge in [-0.15, -0.1) is 6.58 Å². The van der Waals surface area contributed by atoms with Gasteiger partial charge in [-0.3, -0.25) is 9.59 Å². The molecule has 2 amide bonds. The van der Waals surface area contributed by atoms with E-state index in [1.165, 1.54) is 10.5 Å². The molecule has 0 unspecified atom stereocenters. The van der Waals surface area contributed by atoms with Crippen molar-refractivity contribution in [1.82, 2.24) is 10.2 Å². The largest absolute Gasteiger partial charge is 0.508 e. The highest BCUT2D eigenvalue weighted by molar-refractivity contribution is 5.89. The van der Waals surface area contributed by atoms with Gasteiger partial charge in [0, 0.05) is 13.1 Å². The van der Waals surface area contributed by atoms with E-state index in [0.717, 1.165) is 29.5 Å². The molecule has 6 nitrogen and oxygen atoms in total. The molecule has 0 heterocycles. The van der Waals surface area contributed by atoms with Gasteiger partial charge in [-0.05, 0) is 74.4 Å². The molecule has 0 bridgehead atoms. The van der Waals surface area contributed by atoms with Gasteiger partial charge in [0.15, 0.2) is 0 Å². The van der Waals surface area contributed by atoms with E-state index in [4.69, 9.17) is 5.73 Å². The van der Waals surface area contributed by atoms with Crippen LogP contribution < -0.4 is 11.1 Å². The first-order valence-electron chi connectivity index (χ1n) is 11.0. The van der Waals surface area contributed by atoms with E-state index in [-0.39, 0.29) is 24.1 Å². The molecular formula is C26H35N3O3. The number of carbonyl (C=O) groups excluding carboxylic acids is 2. The molecule has 0 saturated heterocycles. The van der Waals surface area contributed by atoms with Crippen LogP contribution in [0.25, 0.3) is 0 Å². The predicted octanol–water partition coefficient (Wildman–Crippen LogP) is 3.03. The van der Waals surface area contributed by atoms with E-state index in [0.29, 0.717) is 13.0 Å². The number of carbonyl (C=O) groups is 2. The number of amides is 2. The van der Waals surface area contributed by atoms with Crippen molar-refractivity contribution in [2.45, 2.75) is 52.1 Å². The maximum atomic E-state index is 13.1. The van der Waals surface area contributed by atoms with Crippen LogP contribution in [0.5, 0.6) is 5.75 Å². The Morgan fingerprint density at radius 1 is 1.19 bits per heavy atom. The zero-order valence-corrected chi connectivity index (χ0v) is 19.3. The van der Waals surface area contributed by atoms with Crippen molar-refractivity contribution in [2.24, 2.45) is 5.73 Å². The number of benzene rings is 2. The summed E-state index contributed by atoms with van der Waals surface area (Å²) in [6.45, 7) is 9.96. The summed E-state index contributed by atoms with van der Waals surface area (Å²) in [5.41, 5.74) is 10.2. The van der Waals surface area contributed by atoms with E-state index in [9.17, 15) is 14.7 Å². The highest BCUT2D eigenvalue weighted by Crippen LogP contribution is 2.22. The van der Waals surface area contributed by atoms with Gasteiger partial charge in [0.2, 0.25) is 11.8 Å². The lowest BCUT2D eigenvalue weighted by Gasteiger charge is -2.30. The number of aryl methyl sites for hydroxylation is 3. The Morgan fingerprint density at radius 3 is 2.41 bits per heavy atom. The Hall–Kier alpha value is -3.12. The smallest absolute Gasteiger partial charge is 0.242 e. The molecule has 32 heavy (non-hydrogen) atoms. The first kappa shape index (κ1) is 25.1. The molecule has 2 aromatic carbocycles. The summed E-state index contributed by atoms with van der Waals surface area (Å²) < 4.78 is 0. The number of phenols is 1. The Morgan fingerprint density at radius 2 is 1.81 bits per heavy atom. The van der Waals surface area contributed by atoms with Gasteiger partial charge in [-0.2, -0.15) is 0 Å². The van der Waals surface area contributed by atoms with Gasteiger partial charge in [-0.1, -0.05) is 36.4 Å². The lowest BCUT2D eigenvalue weighted by atomic mass is 9.95. The third-order valence-electron chi connectivity index (χ3n) is 5.66. The van der Waals surface area contributed by atoms with Gasteiger partial charge in [0.05, 0.1) is 6.04 Å². The van der Waals surface area contributed by atoms with Crippen molar-refractivity contribution in [3.05, 3.63) is 77.4 Å². The molecule has 2 atom stereocenters. The molecule has 0 saturated carbocycles. The van der Waals surface area contributed by atoms with Gasteiger partial charge in [0.1, 0.15) is 11.8 Å². The van der Waals surface area contributed by atoms with Crippen LogP contribution in [0, 0.1) is 13.8 Å². The maximum absolute atomic E-state index is 13.1. The van der Waals surface area contributed by atoms with Crippen molar-refractivity contribution in [3.8, 4) is 5.75 Å². The summed E-state index contributed by atoms with van der Waals surface area (Å²) in [6.07, 6.45) is 3.62. The average Bonchev–Trinajstić information content (AvgIpc) is 2.77. The number of hydrogen-bond acceptors (Lipinski definition) is 4. The highest BCUT2D eigenvalue weighted by atomic mass is 16.3. The molecule has 172 valence electrons. The van der Waals surface area contributed by atoms with Crippen molar-refractivity contribution in [3.63, 3.8) is 0 Å². The zero-order valence-electron chi connectivity index (χ0n) is 19.3. The van der Waals surface area contributed by atoms with Gasteiger partial charge >= 0.3 is 0 Å². The number of rotatable bonds is 11. The van der Waals surface area contributed by atoms with Crippen LogP contribution in [0.1, 0.15) is 35.6 Å². The van der Waals surface area contributed by atoms with Crippen molar-refractivity contribution in [1.29, 1.82) is 0 Å². The Bertz CT molecular complexity index is 904. The minimum absolute atomic E-state index is 0.189. The third-order valence-corrected chi connectivity index (χ3v) is 5.66. The van der Waals surface area contributed by atoms with Crippen molar-refractivity contribution < 1.29 is 14.7 Å². The van der Waals surface area contributed by atoms with E-state index in [1.54, 1.807) is 25.1 Å². The fourth-order valence-electron chi connectivity index (χ4n) is 3.83. The monoisotopic (exact) mass is 437 g/mol. The molecule has 2 aromatic rings. The quantitative estimate of drug-likeness (QED) is 0.372. The Labute approximate surface area is 191 Å². The minimum Gasteiger partial charge on any atom is -0.508 e. The summed E-state index contributed by atoms with van der Waals surface area (Å²) in [6, 6.07) is 12.0. The van der Waals surface area contributed by atoms with E-state index < -0.39 is 12.1 Å². The highest BCUT2D eigenvalue weighted by Gasteiger charge is 2.29. The molecule has 2 rings (SSSR count). The molecule has 0 radical (unpaired) electrons. The average molecular weight is 438 g/mol. The van der Waals surface area contributed by atoms with Crippen molar-refractivity contribution >= 4 is 11.8 Å². The molecule has 6 heteroatoms. The number of aromatic hydroxyl groups is 1. The molecule has 4 N–H and O–H groups in total. The lowest BCUT2D eigenvalue weighted by molar-refractivity contribution is -0.140. The third kappa shape index (κ3) is 6.95. The number of nitrogens with zero attached hydrogens (tertiary/aromatic N) is 1. The number of phenolic OH excluding ortho intramolecular Hbond substituents is 1. The first-order chi connectivity index (χ1) is 15.2. The van der Waals surface area contributed by atoms with E-state index in [2.05, 4.69) is 24.0 Å². The lowest BCUT2D eigenvalue weighted by Crippen LogP contribution is -2.53. The predicted molar refractivity (Wildman–Crippen MR) is 128 cm³/mol. The molecule has 0 aliphatic heterocycles. The minimum atomic E-state index is -0.801. The first-order valence-corrected chi connectivity index (χ1v) is 11.0. The summed E-state index contributed by atoms with van der Waals surface area (Å²) in [5, 5.41) is 12.7. The van der Waals surface area contributed by atoms with E-state index >= 15 is 0 Å². The van der Waals surface area contributed by atoms with Crippen LogP contribution in [-0.4, -0.2) is 47.0 Å². The summed E-state index contributed by atoms with van der Waals surface area (Å²) in [5.74, 6) is -0.323. The summed E-state index contributed by atoms with van der Waals surface area (Å²) in [4.78, 5) is 27.3. The van der Waals surface area contributed by atoms with Crippen LogP contribution in [0.15, 0.2) is 55.1 Å².